The van der Waals surface area contributed by atoms with Crippen molar-refractivity contribution >= 4 is 22.2 Å². The van der Waals surface area contributed by atoms with E-state index in [9.17, 15) is 4.79 Å². The van der Waals surface area contributed by atoms with Crippen LogP contribution in [0.4, 0.5) is 0 Å². The maximum Gasteiger partial charge on any atom is 0.258 e. The molecule has 0 aliphatic carbocycles. The number of fused-ring (bicyclic) bond motifs is 3. The number of H-pyrrole nitrogens is 1. The molecule has 6 rings (SSSR count). The molecule has 1 amide bonds. The second-order valence-corrected chi connectivity index (χ2v) is 7.46. The van der Waals surface area contributed by atoms with E-state index in [0.29, 0.717) is 12.1 Å². The quantitative estimate of drug-likeness (QED) is 0.498. The monoisotopic (exact) mass is 394 g/mol. The van der Waals surface area contributed by atoms with E-state index in [0.717, 1.165) is 39.8 Å². The first-order chi connectivity index (χ1) is 14.8. The van der Waals surface area contributed by atoms with Crippen LogP contribution >= 0.6 is 0 Å². The van der Waals surface area contributed by atoms with Crippen molar-refractivity contribution in [2.24, 2.45) is 0 Å². The van der Waals surface area contributed by atoms with E-state index in [2.05, 4.69) is 27.2 Å². The maximum absolute atomic E-state index is 13.7. The van der Waals surface area contributed by atoms with Crippen LogP contribution in [0.1, 0.15) is 33.5 Å². The van der Waals surface area contributed by atoms with Crippen LogP contribution in [-0.4, -0.2) is 41.9 Å². The van der Waals surface area contributed by atoms with Crippen molar-refractivity contribution in [2.45, 2.75) is 12.5 Å². The van der Waals surface area contributed by atoms with Crippen molar-refractivity contribution in [3.05, 3.63) is 96.1 Å². The standard InChI is InChI=1S/C23H18N6O/c30-23(17-13-27-29-9-4-3-7-20(17)29)28-10-8-18-21(26-14-25-18)22(28)19-11-15-5-1-2-6-16(15)12-24-19/h1-7,9,11-14,22H,8,10H2,(H,25,26)/t22-/m0/s1. The van der Waals surface area contributed by atoms with Crippen molar-refractivity contribution in [1.29, 1.82) is 0 Å². The van der Waals surface area contributed by atoms with Gasteiger partial charge in [-0.2, -0.15) is 5.10 Å². The third-order valence-electron chi connectivity index (χ3n) is 5.77. The topological polar surface area (TPSA) is 79.2 Å². The second kappa shape index (κ2) is 6.52. The van der Waals surface area contributed by atoms with Crippen molar-refractivity contribution in [1.82, 2.24) is 29.5 Å². The number of hydrogen-bond acceptors (Lipinski definition) is 4. The summed E-state index contributed by atoms with van der Waals surface area (Å²) in [6, 6.07) is 15.5. The summed E-state index contributed by atoms with van der Waals surface area (Å²) in [5.41, 5.74) is 4.10. The van der Waals surface area contributed by atoms with Gasteiger partial charge in [0.15, 0.2) is 0 Å². The summed E-state index contributed by atoms with van der Waals surface area (Å²) in [6.45, 7) is 0.581. The fourth-order valence-electron chi connectivity index (χ4n) is 4.30. The Morgan fingerprint density at radius 1 is 1.03 bits per heavy atom. The zero-order valence-corrected chi connectivity index (χ0v) is 16.1. The fraction of sp³-hybridized carbons (Fsp3) is 0.130. The van der Waals surface area contributed by atoms with E-state index in [1.54, 1.807) is 17.0 Å². The smallest absolute Gasteiger partial charge is 0.258 e. The number of rotatable bonds is 2. The number of hydrogen-bond donors (Lipinski definition) is 1. The minimum atomic E-state index is -0.351. The number of aromatic nitrogens is 5. The molecule has 146 valence electrons. The lowest BCUT2D eigenvalue weighted by Gasteiger charge is -2.34. The molecule has 4 aromatic heterocycles. The van der Waals surface area contributed by atoms with Gasteiger partial charge < -0.3 is 9.88 Å². The van der Waals surface area contributed by atoms with Gasteiger partial charge in [0.25, 0.3) is 5.91 Å². The molecular formula is C23H18N6O. The molecule has 5 aromatic rings. The van der Waals surface area contributed by atoms with Gasteiger partial charge in [-0.15, -0.1) is 0 Å². The summed E-state index contributed by atoms with van der Waals surface area (Å²) < 4.78 is 1.72. The van der Waals surface area contributed by atoms with Crippen LogP contribution in [-0.2, 0) is 6.42 Å². The average Bonchev–Trinajstić information content (AvgIpc) is 3.44. The SMILES string of the molecule is O=C(c1cnn2ccccc12)N1CCc2[nH]cnc2[C@@H]1c1cc2ccccc2cn1. The Balaban J connectivity index is 1.49. The third kappa shape index (κ3) is 2.52. The zero-order chi connectivity index (χ0) is 20.1. The summed E-state index contributed by atoms with van der Waals surface area (Å²) in [4.78, 5) is 28.0. The Labute approximate surface area is 172 Å². The van der Waals surface area contributed by atoms with Crippen molar-refractivity contribution < 1.29 is 4.79 Å². The number of carbonyl (C=O) groups excluding carboxylic acids is 1. The molecule has 1 N–H and O–H groups in total. The molecule has 7 heteroatoms. The van der Waals surface area contributed by atoms with Gasteiger partial charge in [0.1, 0.15) is 6.04 Å². The van der Waals surface area contributed by atoms with Crippen LogP contribution < -0.4 is 0 Å². The van der Waals surface area contributed by atoms with Gasteiger partial charge in [-0.1, -0.05) is 30.3 Å². The molecule has 5 heterocycles. The summed E-state index contributed by atoms with van der Waals surface area (Å²) in [6.07, 6.45) is 7.77. The molecule has 0 unspecified atom stereocenters. The highest BCUT2D eigenvalue weighted by atomic mass is 16.2. The predicted octanol–water partition coefficient (Wildman–Crippen LogP) is 3.39. The van der Waals surface area contributed by atoms with E-state index in [4.69, 9.17) is 4.98 Å². The molecular weight excluding hydrogens is 376 g/mol. The molecule has 1 atom stereocenters. The van der Waals surface area contributed by atoms with E-state index in [1.165, 1.54) is 0 Å². The van der Waals surface area contributed by atoms with Gasteiger partial charge in [-0.05, 0) is 23.6 Å². The van der Waals surface area contributed by atoms with Crippen LogP contribution in [0.3, 0.4) is 0 Å². The molecule has 0 spiro atoms. The minimum Gasteiger partial charge on any atom is -0.348 e. The lowest BCUT2D eigenvalue weighted by atomic mass is 9.97. The number of nitrogens with one attached hydrogen (secondary N) is 1. The summed E-state index contributed by atoms with van der Waals surface area (Å²) in [5.74, 6) is -0.0650. The van der Waals surface area contributed by atoms with Gasteiger partial charge in [-0.25, -0.2) is 9.50 Å². The minimum absolute atomic E-state index is 0.0650. The van der Waals surface area contributed by atoms with Gasteiger partial charge in [0.2, 0.25) is 0 Å². The number of imidazole rings is 1. The molecule has 0 saturated carbocycles. The fourth-order valence-corrected chi connectivity index (χ4v) is 4.30. The van der Waals surface area contributed by atoms with Crippen LogP contribution in [0.25, 0.3) is 16.3 Å². The lowest BCUT2D eigenvalue weighted by molar-refractivity contribution is 0.0689. The average molecular weight is 394 g/mol. The van der Waals surface area contributed by atoms with Crippen LogP contribution in [0, 0.1) is 0 Å². The first-order valence-electron chi connectivity index (χ1n) is 9.90. The number of amides is 1. The highest BCUT2D eigenvalue weighted by molar-refractivity contribution is 6.01. The molecule has 1 aliphatic rings. The molecule has 0 fully saturated rings. The Morgan fingerprint density at radius 2 is 1.90 bits per heavy atom. The maximum atomic E-state index is 13.7. The largest absolute Gasteiger partial charge is 0.348 e. The molecule has 1 aliphatic heterocycles. The molecule has 0 radical (unpaired) electrons. The number of aromatic amines is 1. The molecule has 0 saturated heterocycles. The van der Waals surface area contributed by atoms with E-state index in [-0.39, 0.29) is 11.9 Å². The van der Waals surface area contributed by atoms with E-state index in [1.807, 2.05) is 53.7 Å². The van der Waals surface area contributed by atoms with Crippen molar-refractivity contribution in [3.63, 3.8) is 0 Å². The van der Waals surface area contributed by atoms with Gasteiger partial charge in [-0.3, -0.25) is 9.78 Å². The van der Waals surface area contributed by atoms with Crippen molar-refractivity contribution in [2.75, 3.05) is 6.54 Å². The molecule has 1 aromatic carbocycles. The second-order valence-electron chi connectivity index (χ2n) is 7.46. The van der Waals surface area contributed by atoms with E-state index >= 15 is 0 Å². The molecule has 30 heavy (non-hydrogen) atoms. The Kier molecular flexibility index (Phi) is 3.67. The van der Waals surface area contributed by atoms with Gasteiger partial charge in [0, 0.05) is 36.4 Å². The summed E-state index contributed by atoms with van der Waals surface area (Å²) >= 11 is 0. The first kappa shape index (κ1) is 16.9. The highest BCUT2D eigenvalue weighted by Crippen LogP contribution is 2.34. The van der Waals surface area contributed by atoms with Crippen LogP contribution in [0.15, 0.2) is 73.4 Å². The third-order valence-corrected chi connectivity index (χ3v) is 5.77. The van der Waals surface area contributed by atoms with Crippen molar-refractivity contribution in [3.8, 4) is 0 Å². The van der Waals surface area contributed by atoms with E-state index < -0.39 is 0 Å². The predicted molar refractivity (Wildman–Crippen MR) is 112 cm³/mol. The normalized spacial score (nSPS) is 16.1. The number of pyridine rings is 2. The van der Waals surface area contributed by atoms with Gasteiger partial charge in [0.05, 0.1) is 35.0 Å². The first-order valence-corrected chi connectivity index (χ1v) is 9.90. The molecule has 0 bridgehead atoms. The van der Waals surface area contributed by atoms with Gasteiger partial charge >= 0.3 is 0 Å². The zero-order valence-electron chi connectivity index (χ0n) is 16.1. The van der Waals surface area contributed by atoms with Crippen LogP contribution in [0.5, 0.6) is 0 Å². The number of carbonyl (C=O) groups is 1. The molecule has 7 nitrogen and oxygen atoms in total. The number of nitrogens with zero attached hydrogens (tertiary/aromatic N) is 5. The Morgan fingerprint density at radius 3 is 2.83 bits per heavy atom. The summed E-state index contributed by atoms with van der Waals surface area (Å²) in [5, 5.41) is 6.50. The number of benzene rings is 1. The lowest BCUT2D eigenvalue weighted by Crippen LogP contribution is -2.41. The van der Waals surface area contributed by atoms with Crippen LogP contribution in [0.2, 0.25) is 0 Å². The Bertz CT molecular complexity index is 1400. The Hall–Kier alpha value is -4.00. The summed E-state index contributed by atoms with van der Waals surface area (Å²) in [7, 11) is 0. The highest BCUT2D eigenvalue weighted by Gasteiger charge is 2.36.